The second kappa shape index (κ2) is 9.26. The highest BCUT2D eigenvalue weighted by Gasteiger charge is 2.04. The van der Waals surface area contributed by atoms with E-state index in [4.69, 9.17) is 0 Å². The van der Waals surface area contributed by atoms with E-state index in [1.54, 1.807) is 6.20 Å². The molecule has 1 heterocycles. The number of ketones is 1. The van der Waals surface area contributed by atoms with Gasteiger partial charge in [0.2, 0.25) is 0 Å². The lowest BCUT2D eigenvalue weighted by atomic mass is 10.1. The van der Waals surface area contributed by atoms with E-state index >= 15 is 0 Å². The van der Waals surface area contributed by atoms with Gasteiger partial charge in [0.1, 0.15) is 5.78 Å². The van der Waals surface area contributed by atoms with E-state index < -0.39 is 0 Å². The monoisotopic (exact) mass is 311 g/mol. The van der Waals surface area contributed by atoms with E-state index in [2.05, 4.69) is 27.8 Å². The number of unbranched alkanes of at least 4 members (excludes halogenated alkanes) is 5. The molecule has 0 saturated carbocycles. The molecule has 0 aliphatic rings. The first-order valence-corrected chi connectivity index (χ1v) is 7.64. The van der Waals surface area contributed by atoms with Gasteiger partial charge in [-0.2, -0.15) is 0 Å². The van der Waals surface area contributed by atoms with E-state index in [0.717, 1.165) is 16.6 Å². The molecule has 0 fully saturated rings. The number of hydrogen-bond acceptors (Lipinski definition) is 2. The molecule has 1 aromatic rings. The predicted molar refractivity (Wildman–Crippen MR) is 78.6 cm³/mol. The molecule has 0 unspecified atom stereocenters. The molecule has 0 bridgehead atoms. The van der Waals surface area contributed by atoms with Crippen LogP contribution < -0.4 is 0 Å². The van der Waals surface area contributed by atoms with Crippen LogP contribution in [0, 0.1) is 0 Å². The molecule has 3 heteroatoms. The molecule has 0 saturated heterocycles. The largest absolute Gasteiger partial charge is 0.299 e. The number of halogens is 1. The van der Waals surface area contributed by atoms with Gasteiger partial charge in [0.15, 0.2) is 0 Å². The fraction of sp³-hybridized carbons (Fsp3) is 0.600. The summed E-state index contributed by atoms with van der Waals surface area (Å²) in [6.07, 6.45) is 10.3. The van der Waals surface area contributed by atoms with Crippen molar-refractivity contribution in [1.82, 2.24) is 4.98 Å². The molecular weight excluding hydrogens is 290 g/mol. The molecule has 100 valence electrons. The van der Waals surface area contributed by atoms with Gasteiger partial charge < -0.3 is 0 Å². The van der Waals surface area contributed by atoms with Gasteiger partial charge in [-0.3, -0.25) is 9.78 Å². The van der Waals surface area contributed by atoms with E-state index in [9.17, 15) is 4.79 Å². The maximum atomic E-state index is 11.7. The van der Waals surface area contributed by atoms with E-state index in [0.29, 0.717) is 18.6 Å². The third-order valence-electron chi connectivity index (χ3n) is 2.98. The zero-order valence-corrected chi connectivity index (χ0v) is 12.7. The second-order valence-electron chi connectivity index (χ2n) is 4.70. The van der Waals surface area contributed by atoms with Gasteiger partial charge in [-0.25, -0.2) is 0 Å². The first-order chi connectivity index (χ1) is 8.72. The number of hydrogen-bond donors (Lipinski definition) is 0. The van der Waals surface area contributed by atoms with Crippen molar-refractivity contribution in [3.63, 3.8) is 0 Å². The van der Waals surface area contributed by atoms with Crippen LogP contribution in [0.2, 0.25) is 0 Å². The predicted octanol–water partition coefficient (Wildman–Crippen LogP) is 4.71. The molecule has 0 atom stereocenters. The van der Waals surface area contributed by atoms with Crippen LogP contribution in [0.4, 0.5) is 0 Å². The fourth-order valence-corrected chi connectivity index (χ4v) is 2.14. The van der Waals surface area contributed by atoms with Crippen molar-refractivity contribution in [3.05, 3.63) is 28.5 Å². The van der Waals surface area contributed by atoms with Gasteiger partial charge >= 0.3 is 0 Å². The molecular formula is C15H22BrNO. The van der Waals surface area contributed by atoms with Gasteiger partial charge in [-0.1, -0.05) is 39.0 Å². The highest BCUT2D eigenvalue weighted by molar-refractivity contribution is 9.10. The van der Waals surface area contributed by atoms with Crippen molar-refractivity contribution in [2.24, 2.45) is 0 Å². The molecule has 0 radical (unpaired) electrons. The minimum absolute atomic E-state index is 0.306. The van der Waals surface area contributed by atoms with E-state index in [-0.39, 0.29) is 0 Å². The summed E-state index contributed by atoms with van der Waals surface area (Å²) in [5.41, 5.74) is 0.870. The molecule has 0 spiro atoms. The molecule has 2 nitrogen and oxygen atoms in total. The Kier molecular flexibility index (Phi) is 7.90. The zero-order valence-electron chi connectivity index (χ0n) is 11.1. The maximum absolute atomic E-state index is 11.7. The molecule has 0 N–H and O–H groups in total. The van der Waals surface area contributed by atoms with Gasteiger partial charge in [0, 0.05) is 29.2 Å². The number of Topliss-reactive ketones (excluding diaryl/α,β-unsaturated/α-hetero) is 1. The Bertz CT molecular complexity index is 348. The summed E-state index contributed by atoms with van der Waals surface area (Å²) < 4.78 is 0.953. The van der Waals surface area contributed by atoms with E-state index in [1.165, 1.54) is 32.1 Å². The number of nitrogens with zero attached hydrogens (tertiary/aromatic N) is 1. The minimum Gasteiger partial charge on any atom is -0.299 e. The lowest BCUT2D eigenvalue weighted by Crippen LogP contribution is -2.04. The smallest absolute Gasteiger partial charge is 0.138 e. The Labute approximate surface area is 118 Å². The molecule has 0 amide bonds. The lowest BCUT2D eigenvalue weighted by Gasteiger charge is -2.02. The van der Waals surface area contributed by atoms with Crippen molar-refractivity contribution in [2.45, 2.75) is 58.3 Å². The average Bonchev–Trinajstić information content (AvgIpc) is 2.36. The van der Waals surface area contributed by atoms with Crippen molar-refractivity contribution in [1.29, 1.82) is 0 Å². The van der Waals surface area contributed by atoms with Crippen molar-refractivity contribution >= 4 is 21.7 Å². The fourth-order valence-electron chi connectivity index (χ4n) is 1.90. The van der Waals surface area contributed by atoms with Crippen LogP contribution in [-0.2, 0) is 11.2 Å². The van der Waals surface area contributed by atoms with E-state index in [1.807, 2.05) is 12.1 Å². The second-order valence-corrected chi connectivity index (χ2v) is 5.62. The SMILES string of the molecule is CCCCCCCCC(=O)Cc1ccc(Br)cn1. The standard InChI is InChI=1S/C15H22BrNO/c1-2-3-4-5-6-7-8-15(18)11-14-10-9-13(16)12-17-14/h9-10,12H,2-8,11H2,1H3. The maximum Gasteiger partial charge on any atom is 0.138 e. The third-order valence-corrected chi connectivity index (χ3v) is 3.45. The number of aromatic nitrogens is 1. The highest BCUT2D eigenvalue weighted by Crippen LogP contribution is 2.10. The molecule has 1 aromatic heterocycles. The summed E-state index contributed by atoms with van der Waals surface area (Å²) in [5, 5.41) is 0. The Morgan fingerprint density at radius 2 is 1.89 bits per heavy atom. The van der Waals surface area contributed by atoms with Crippen LogP contribution >= 0.6 is 15.9 Å². The Hall–Kier alpha value is -0.700. The molecule has 18 heavy (non-hydrogen) atoms. The van der Waals surface area contributed by atoms with Crippen molar-refractivity contribution < 1.29 is 4.79 Å². The number of carbonyl (C=O) groups is 1. The van der Waals surface area contributed by atoms with Crippen LogP contribution in [0.25, 0.3) is 0 Å². The quantitative estimate of drug-likeness (QED) is 0.618. The van der Waals surface area contributed by atoms with Crippen molar-refractivity contribution in [3.8, 4) is 0 Å². The number of carbonyl (C=O) groups excluding carboxylic acids is 1. The molecule has 0 aliphatic carbocycles. The normalized spacial score (nSPS) is 10.6. The first kappa shape index (κ1) is 15.4. The summed E-state index contributed by atoms with van der Waals surface area (Å²) in [7, 11) is 0. The van der Waals surface area contributed by atoms with Gasteiger partial charge in [-0.05, 0) is 34.5 Å². The Balaban J connectivity index is 2.12. The summed E-state index contributed by atoms with van der Waals surface area (Å²) in [4.78, 5) is 16.0. The van der Waals surface area contributed by atoms with Gasteiger partial charge in [0.05, 0.1) is 0 Å². The zero-order chi connectivity index (χ0) is 13.2. The lowest BCUT2D eigenvalue weighted by molar-refractivity contribution is -0.118. The minimum atomic E-state index is 0.306. The molecule has 0 aromatic carbocycles. The van der Waals surface area contributed by atoms with Crippen LogP contribution in [-0.4, -0.2) is 10.8 Å². The average molecular weight is 312 g/mol. The Morgan fingerprint density at radius 1 is 1.17 bits per heavy atom. The van der Waals surface area contributed by atoms with Crippen LogP contribution in [0.1, 0.15) is 57.6 Å². The summed E-state index contributed by atoms with van der Waals surface area (Å²) in [5.74, 6) is 0.306. The van der Waals surface area contributed by atoms with Gasteiger partial charge in [-0.15, -0.1) is 0 Å². The summed E-state index contributed by atoms with van der Waals surface area (Å²) >= 11 is 3.34. The third kappa shape index (κ3) is 6.90. The Morgan fingerprint density at radius 3 is 2.56 bits per heavy atom. The first-order valence-electron chi connectivity index (χ1n) is 6.84. The van der Waals surface area contributed by atoms with Crippen molar-refractivity contribution in [2.75, 3.05) is 0 Å². The topological polar surface area (TPSA) is 30.0 Å². The molecule has 0 aliphatic heterocycles. The number of pyridine rings is 1. The number of rotatable bonds is 9. The van der Waals surface area contributed by atoms with Gasteiger partial charge in [0.25, 0.3) is 0 Å². The summed E-state index contributed by atoms with van der Waals surface area (Å²) in [6, 6.07) is 3.84. The summed E-state index contributed by atoms with van der Waals surface area (Å²) in [6.45, 7) is 2.22. The van der Waals surface area contributed by atoms with Crippen LogP contribution in [0.3, 0.4) is 0 Å². The molecule has 1 rings (SSSR count). The van der Waals surface area contributed by atoms with Crippen LogP contribution in [0.15, 0.2) is 22.8 Å². The highest BCUT2D eigenvalue weighted by atomic mass is 79.9. The van der Waals surface area contributed by atoms with Crippen LogP contribution in [0.5, 0.6) is 0 Å².